The molecule has 0 heterocycles. The Hall–Kier alpha value is -0.610. The zero-order valence-electron chi connectivity index (χ0n) is 18.5. The maximum Gasteiger partial charge on any atom is 0.152 e. The highest BCUT2D eigenvalue weighted by Gasteiger charge is 2.12. The molecule has 0 saturated carbocycles. The van der Waals surface area contributed by atoms with Gasteiger partial charge in [-0.05, 0) is 67.0 Å². The summed E-state index contributed by atoms with van der Waals surface area (Å²) in [5, 5.41) is 0. The second kappa shape index (κ2) is 12.7. The summed E-state index contributed by atoms with van der Waals surface area (Å²) < 4.78 is 15.3. The van der Waals surface area contributed by atoms with E-state index in [1.165, 1.54) is 6.26 Å². The molecular weight excluding hydrogens is 318 g/mol. The van der Waals surface area contributed by atoms with Crippen molar-refractivity contribution in [3.8, 4) is 0 Å². The standard InChI is InChI=1S/C8H17N.C7H14.C5H12O2S/c1-6-7-9(5)8(2,3)4;1-5-6-7(2,3)4;1-5(2,3)7-8(4)6/h6-7H,1-5H3;5-6H,1-4H3;1-4H3. The van der Waals surface area contributed by atoms with Gasteiger partial charge < -0.3 is 4.90 Å². The molecule has 1 atom stereocenters. The van der Waals surface area contributed by atoms with E-state index in [0.717, 1.165) is 0 Å². The molecule has 0 aromatic rings. The van der Waals surface area contributed by atoms with Crippen molar-refractivity contribution in [2.45, 2.75) is 87.3 Å². The van der Waals surface area contributed by atoms with Crippen LogP contribution in [0, 0.1) is 5.41 Å². The van der Waals surface area contributed by atoms with Gasteiger partial charge in [-0.1, -0.05) is 39.0 Å². The lowest BCUT2D eigenvalue weighted by atomic mass is 9.97. The Kier molecular flexibility index (Phi) is 14.9. The Morgan fingerprint density at radius 3 is 1.33 bits per heavy atom. The fourth-order valence-corrected chi connectivity index (χ4v) is 2.00. The predicted molar refractivity (Wildman–Crippen MR) is 112 cm³/mol. The topological polar surface area (TPSA) is 29.5 Å². The first-order valence-electron chi connectivity index (χ1n) is 8.48. The zero-order valence-corrected chi connectivity index (χ0v) is 19.3. The SMILES string of the molecule is CC=CC(C)(C)C.CC=CN(C)C(C)(C)C.CS(=O)OC(C)(C)C. The van der Waals surface area contributed by atoms with Crippen molar-refractivity contribution in [1.29, 1.82) is 0 Å². The zero-order chi connectivity index (χ0) is 20.2. The summed E-state index contributed by atoms with van der Waals surface area (Å²) in [6.07, 6.45) is 9.92. The molecular formula is C20H43NO2S. The fourth-order valence-electron chi connectivity index (χ4n) is 1.30. The van der Waals surface area contributed by atoms with Crippen molar-refractivity contribution >= 4 is 11.1 Å². The minimum Gasteiger partial charge on any atom is -0.376 e. The third-order valence-electron chi connectivity index (χ3n) is 2.46. The van der Waals surface area contributed by atoms with E-state index in [4.69, 9.17) is 4.18 Å². The Balaban J connectivity index is -0.000000278. The summed E-state index contributed by atoms with van der Waals surface area (Å²) in [7, 11) is 2.08. The Morgan fingerprint density at radius 2 is 1.29 bits per heavy atom. The van der Waals surface area contributed by atoms with Crippen LogP contribution in [0.1, 0.15) is 76.2 Å². The molecule has 0 aliphatic carbocycles. The molecule has 4 heteroatoms. The highest BCUT2D eigenvalue weighted by Crippen LogP contribution is 2.13. The molecule has 146 valence electrons. The van der Waals surface area contributed by atoms with E-state index in [-0.39, 0.29) is 11.1 Å². The van der Waals surface area contributed by atoms with Crippen LogP contribution in [0.25, 0.3) is 0 Å². The molecule has 1 unspecified atom stereocenters. The molecule has 0 aliphatic rings. The summed E-state index contributed by atoms with van der Waals surface area (Å²) in [6.45, 7) is 22.8. The molecule has 0 amide bonds. The van der Waals surface area contributed by atoms with E-state index in [1.807, 2.05) is 40.7 Å². The van der Waals surface area contributed by atoms with Crippen LogP contribution in [-0.4, -0.2) is 33.6 Å². The van der Waals surface area contributed by atoms with Crippen molar-refractivity contribution in [2.75, 3.05) is 13.3 Å². The summed E-state index contributed by atoms with van der Waals surface area (Å²) >= 11 is -1.14. The average molecular weight is 362 g/mol. The summed E-state index contributed by atoms with van der Waals surface area (Å²) in [5.74, 6) is 0. The van der Waals surface area contributed by atoms with Gasteiger partial charge in [-0.25, -0.2) is 4.21 Å². The minimum atomic E-state index is -1.14. The van der Waals surface area contributed by atoms with Crippen LogP contribution in [0.5, 0.6) is 0 Å². The molecule has 0 aliphatic heterocycles. The van der Waals surface area contributed by atoms with Crippen LogP contribution < -0.4 is 0 Å². The lowest BCUT2D eigenvalue weighted by Gasteiger charge is -2.30. The van der Waals surface area contributed by atoms with Gasteiger partial charge in [0.05, 0.1) is 5.60 Å². The van der Waals surface area contributed by atoms with Gasteiger partial charge in [0, 0.05) is 18.8 Å². The van der Waals surface area contributed by atoms with Gasteiger partial charge in [0.25, 0.3) is 0 Å². The maximum absolute atomic E-state index is 10.3. The van der Waals surface area contributed by atoms with E-state index in [1.54, 1.807) is 0 Å². The predicted octanol–water partition coefficient (Wildman–Crippen LogP) is 5.95. The fraction of sp³-hybridized carbons (Fsp3) is 0.800. The number of allylic oxidation sites excluding steroid dienone is 3. The molecule has 0 spiro atoms. The van der Waals surface area contributed by atoms with E-state index in [0.29, 0.717) is 5.41 Å². The van der Waals surface area contributed by atoms with Crippen molar-refractivity contribution < 1.29 is 8.39 Å². The lowest BCUT2D eigenvalue weighted by molar-refractivity contribution is 0.153. The molecule has 0 bridgehead atoms. The van der Waals surface area contributed by atoms with Crippen molar-refractivity contribution in [3.63, 3.8) is 0 Å². The molecule has 0 radical (unpaired) electrons. The summed E-state index contributed by atoms with van der Waals surface area (Å²) in [4.78, 5) is 2.19. The number of hydrogen-bond acceptors (Lipinski definition) is 3. The second-order valence-corrected chi connectivity index (χ2v) is 9.70. The highest BCUT2D eigenvalue weighted by atomic mass is 32.2. The van der Waals surface area contributed by atoms with Gasteiger partial charge in [0.1, 0.15) is 0 Å². The van der Waals surface area contributed by atoms with Gasteiger partial charge in [0.15, 0.2) is 11.1 Å². The van der Waals surface area contributed by atoms with E-state index in [9.17, 15) is 4.21 Å². The molecule has 0 saturated heterocycles. The van der Waals surface area contributed by atoms with Crippen LogP contribution in [0.2, 0.25) is 0 Å². The van der Waals surface area contributed by atoms with Crippen molar-refractivity contribution in [3.05, 3.63) is 24.4 Å². The number of nitrogens with zero attached hydrogens (tertiary/aromatic N) is 1. The molecule has 0 N–H and O–H groups in total. The minimum absolute atomic E-state index is 0.256. The van der Waals surface area contributed by atoms with E-state index in [2.05, 4.69) is 71.8 Å². The van der Waals surface area contributed by atoms with Crippen molar-refractivity contribution in [1.82, 2.24) is 4.90 Å². The molecule has 24 heavy (non-hydrogen) atoms. The van der Waals surface area contributed by atoms with Crippen LogP contribution >= 0.6 is 0 Å². The first-order chi connectivity index (χ1) is 10.5. The van der Waals surface area contributed by atoms with Gasteiger partial charge in [0.2, 0.25) is 0 Å². The molecule has 0 aromatic heterocycles. The third kappa shape index (κ3) is 29.4. The van der Waals surface area contributed by atoms with E-state index < -0.39 is 11.1 Å². The van der Waals surface area contributed by atoms with Crippen LogP contribution in [0.3, 0.4) is 0 Å². The van der Waals surface area contributed by atoms with Crippen molar-refractivity contribution in [2.24, 2.45) is 5.41 Å². The Labute approximate surface area is 155 Å². The average Bonchev–Trinajstić information content (AvgIpc) is 2.24. The third-order valence-corrected chi connectivity index (χ3v) is 3.20. The van der Waals surface area contributed by atoms with Crippen LogP contribution in [-0.2, 0) is 15.3 Å². The lowest BCUT2D eigenvalue weighted by Crippen LogP contribution is -2.33. The second-order valence-electron chi connectivity index (χ2n) is 8.73. The summed E-state index contributed by atoms with van der Waals surface area (Å²) in [5.41, 5.74) is 0.348. The number of rotatable bonds is 2. The molecule has 0 rings (SSSR count). The van der Waals surface area contributed by atoms with Crippen LogP contribution in [0.15, 0.2) is 24.4 Å². The largest absolute Gasteiger partial charge is 0.376 e. The van der Waals surface area contributed by atoms with Gasteiger partial charge >= 0.3 is 0 Å². The maximum atomic E-state index is 10.3. The number of hydrogen-bond donors (Lipinski definition) is 0. The molecule has 0 aromatic carbocycles. The summed E-state index contributed by atoms with van der Waals surface area (Å²) in [6, 6.07) is 0. The Morgan fingerprint density at radius 1 is 0.875 bits per heavy atom. The molecule has 0 fully saturated rings. The highest BCUT2D eigenvalue weighted by molar-refractivity contribution is 7.79. The van der Waals surface area contributed by atoms with Gasteiger partial charge in [-0.2, -0.15) is 0 Å². The smallest absolute Gasteiger partial charge is 0.152 e. The first-order valence-corrected chi connectivity index (χ1v) is 9.97. The normalized spacial score (nSPS) is 13.9. The first kappa shape index (κ1) is 28.2. The van der Waals surface area contributed by atoms with Crippen LogP contribution in [0.4, 0.5) is 0 Å². The quantitative estimate of drug-likeness (QED) is 0.569. The Bertz CT molecular complexity index is 380. The van der Waals surface area contributed by atoms with E-state index >= 15 is 0 Å². The van der Waals surface area contributed by atoms with Gasteiger partial charge in [-0.3, -0.25) is 4.18 Å². The van der Waals surface area contributed by atoms with Gasteiger partial charge in [-0.15, -0.1) is 0 Å². The monoisotopic (exact) mass is 361 g/mol. The molecule has 3 nitrogen and oxygen atoms in total.